The standard InChI is InChI=1S/C9H15N3O2/c1-7(2)4-12-9(6-14-3)8(5-13)10-11-12/h13H,1,4-6H2,2-3H3. The minimum Gasteiger partial charge on any atom is -0.390 e. The van der Waals surface area contributed by atoms with Gasteiger partial charge in [0.25, 0.3) is 0 Å². The van der Waals surface area contributed by atoms with Gasteiger partial charge in [-0.1, -0.05) is 17.4 Å². The number of nitrogens with zero attached hydrogens (tertiary/aromatic N) is 3. The van der Waals surface area contributed by atoms with Gasteiger partial charge in [0, 0.05) is 7.11 Å². The molecule has 5 nitrogen and oxygen atoms in total. The molecular weight excluding hydrogens is 182 g/mol. The quantitative estimate of drug-likeness (QED) is 0.698. The average molecular weight is 197 g/mol. The van der Waals surface area contributed by atoms with Crippen molar-refractivity contribution in [2.75, 3.05) is 7.11 Å². The molecule has 1 aromatic rings. The topological polar surface area (TPSA) is 60.2 Å². The van der Waals surface area contributed by atoms with Crippen LogP contribution < -0.4 is 0 Å². The van der Waals surface area contributed by atoms with Crippen molar-refractivity contribution in [3.8, 4) is 0 Å². The zero-order valence-electron chi connectivity index (χ0n) is 8.53. The lowest BCUT2D eigenvalue weighted by Crippen LogP contribution is -2.07. The molecule has 5 heteroatoms. The molecule has 1 rings (SSSR count). The average Bonchev–Trinajstić information content (AvgIpc) is 2.48. The van der Waals surface area contributed by atoms with Gasteiger partial charge in [-0.3, -0.25) is 0 Å². The molecule has 0 spiro atoms. The predicted octanol–water partition coefficient (Wildman–Crippen LogP) is 0.493. The van der Waals surface area contributed by atoms with Crippen molar-refractivity contribution < 1.29 is 9.84 Å². The molecule has 0 aliphatic rings. The third-order valence-electron chi connectivity index (χ3n) is 1.77. The van der Waals surface area contributed by atoms with E-state index in [1.807, 2.05) is 6.92 Å². The van der Waals surface area contributed by atoms with Crippen molar-refractivity contribution in [3.05, 3.63) is 23.5 Å². The van der Waals surface area contributed by atoms with Gasteiger partial charge in [-0.2, -0.15) is 0 Å². The Bertz CT molecular complexity index is 320. The first-order valence-electron chi connectivity index (χ1n) is 4.34. The summed E-state index contributed by atoms with van der Waals surface area (Å²) in [6.45, 7) is 6.59. The zero-order chi connectivity index (χ0) is 10.6. The van der Waals surface area contributed by atoms with E-state index in [9.17, 15) is 0 Å². The van der Waals surface area contributed by atoms with Crippen LogP contribution in [-0.4, -0.2) is 27.2 Å². The largest absolute Gasteiger partial charge is 0.390 e. The lowest BCUT2D eigenvalue weighted by Gasteiger charge is -2.05. The van der Waals surface area contributed by atoms with E-state index in [1.54, 1.807) is 11.8 Å². The Morgan fingerprint density at radius 1 is 1.64 bits per heavy atom. The molecule has 0 saturated carbocycles. The molecule has 1 aromatic heterocycles. The molecule has 1 N–H and O–H groups in total. The number of hydrogen-bond donors (Lipinski definition) is 1. The van der Waals surface area contributed by atoms with Crippen LogP contribution in [0, 0.1) is 0 Å². The highest BCUT2D eigenvalue weighted by Gasteiger charge is 2.11. The van der Waals surface area contributed by atoms with E-state index < -0.39 is 0 Å². The number of rotatable bonds is 5. The molecule has 78 valence electrons. The molecule has 0 aliphatic heterocycles. The monoisotopic (exact) mass is 197 g/mol. The number of aliphatic hydroxyl groups excluding tert-OH is 1. The first-order valence-corrected chi connectivity index (χ1v) is 4.34. The molecule has 0 bridgehead atoms. The van der Waals surface area contributed by atoms with E-state index in [0.29, 0.717) is 18.8 Å². The second-order valence-corrected chi connectivity index (χ2v) is 3.19. The van der Waals surface area contributed by atoms with E-state index in [0.717, 1.165) is 11.3 Å². The van der Waals surface area contributed by atoms with Gasteiger partial charge >= 0.3 is 0 Å². The summed E-state index contributed by atoms with van der Waals surface area (Å²) in [5, 5.41) is 16.8. The van der Waals surface area contributed by atoms with Crippen molar-refractivity contribution in [2.45, 2.75) is 26.7 Å². The molecule has 0 aliphatic carbocycles. The highest BCUT2D eigenvalue weighted by molar-refractivity contribution is 5.09. The fourth-order valence-electron chi connectivity index (χ4n) is 1.17. The zero-order valence-corrected chi connectivity index (χ0v) is 8.53. The van der Waals surface area contributed by atoms with Gasteiger partial charge in [0.2, 0.25) is 0 Å². The van der Waals surface area contributed by atoms with Crippen molar-refractivity contribution in [1.29, 1.82) is 0 Å². The Morgan fingerprint density at radius 2 is 2.36 bits per heavy atom. The molecule has 0 atom stereocenters. The van der Waals surface area contributed by atoms with Gasteiger partial charge in [-0.05, 0) is 6.92 Å². The molecule has 1 heterocycles. The highest BCUT2D eigenvalue weighted by atomic mass is 16.5. The van der Waals surface area contributed by atoms with Crippen molar-refractivity contribution in [3.63, 3.8) is 0 Å². The summed E-state index contributed by atoms with van der Waals surface area (Å²) in [4.78, 5) is 0. The Balaban J connectivity index is 2.91. The summed E-state index contributed by atoms with van der Waals surface area (Å²) in [7, 11) is 1.60. The molecule has 0 saturated heterocycles. The summed E-state index contributed by atoms with van der Waals surface area (Å²) in [6, 6.07) is 0. The lowest BCUT2D eigenvalue weighted by molar-refractivity contribution is 0.173. The third kappa shape index (κ3) is 2.40. The van der Waals surface area contributed by atoms with E-state index in [1.165, 1.54) is 0 Å². The number of ether oxygens (including phenoxy) is 1. The van der Waals surface area contributed by atoms with E-state index in [2.05, 4.69) is 16.9 Å². The summed E-state index contributed by atoms with van der Waals surface area (Å²) in [5.41, 5.74) is 2.35. The first kappa shape index (κ1) is 10.9. The van der Waals surface area contributed by atoms with Gasteiger partial charge in [-0.25, -0.2) is 4.68 Å². The van der Waals surface area contributed by atoms with Crippen LogP contribution in [0.2, 0.25) is 0 Å². The molecule has 0 fully saturated rings. The number of aromatic nitrogens is 3. The Hall–Kier alpha value is -1.20. The van der Waals surface area contributed by atoms with E-state index in [4.69, 9.17) is 9.84 Å². The number of hydrogen-bond acceptors (Lipinski definition) is 4. The van der Waals surface area contributed by atoms with Gasteiger partial charge in [0.1, 0.15) is 5.69 Å². The maximum absolute atomic E-state index is 9.00. The van der Waals surface area contributed by atoms with Crippen LogP contribution in [0.4, 0.5) is 0 Å². The molecule has 0 radical (unpaired) electrons. The number of allylic oxidation sites excluding steroid dienone is 1. The van der Waals surface area contributed by atoms with Gasteiger partial charge in [-0.15, -0.1) is 5.10 Å². The van der Waals surface area contributed by atoms with Crippen LogP contribution in [0.15, 0.2) is 12.2 Å². The maximum Gasteiger partial charge on any atom is 0.114 e. The van der Waals surface area contributed by atoms with Gasteiger partial charge in [0.05, 0.1) is 25.5 Å². The van der Waals surface area contributed by atoms with E-state index in [-0.39, 0.29) is 6.61 Å². The predicted molar refractivity (Wildman–Crippen MR) is 51.5 cm³/mol. The molecule has 0 amide bonds. The van der Waals surface area contributed by atoms with Crippen molar-refractivity contribution >= 4 is 0 Å². The Kier molecular flexibility index (Phi) is 3.79. The summed E-state index contributed by atoms with van der Waals surface area (Å²) in [6.07, 6.45) is 0. The Labute approximate surface area is 83.0 Å². The number of methoxy groups -OCH3 is 1. The summed E-state index contributed by atoms with van der Waals surface area (Å²) in [5.74, 6) is 0. The van der Waals surface area contributed by atoms with Crippen molar-refractivity contribution in [1.82, 2.24) is 15.0 Å². The Morgan fingerprint density at radius 3 is 2.86 bits per heavy atom. The second-order valence-electron chi connectivity index (χ2n) is 3.19. The van der Waals surface area contributed by atoms with Crippen LogP contribution >= 0.6 is 0 Å². The van der Waals surface area contributed by atoms with Crippen molar-refractivity contribution in [2.24, 2.45) is 0 Å². The molecule has 14 heavy (non-hydrogen) atoms. The van der Waals surface area contributed by atoms with Crippen LogP contribution in [0.5, 0.6) is 0 Å². The lowest BCUT2D eigenvalue weighted by atomic mass is 10.3. The minimum absolute atomic E-state index is 0.116. The molecule has 0 unspecified atom stereocenters. The van der Waals surface area contributed by atoms with E-state index >= 15 is 0 Å². The third-order valence-corrected chi connectivity index (χ3v) is 1.77. The maximum atomic E-state index is 9.00. The van der Waals surface area contributed by atoms with Gasteiger partial charge < -0.3 is 9.84 Å². The smallest absolute Gasteiger partial charge is 0.114 e. The second kappa shape index (κ2) is 4.88. The minimum atomic E-state index is -0.116. The number of aliphatic hydroxyl groups is 1. The molecular formula is C9H15N3O2. The fraction of sp³-hybridized carbons (Fsp3) is 0.556. The fourth-order valence-corrected chi connectivity index (χ4v) is 1.17. The van der Waals surface area contributed by atoms with Crippen LogP contribution in [-0.2, 0) is 24.5 Å². The summed E-state index contributed by atoms with van der Waals surface area (Å²) < 4.78 is 6.70. The normalized spacial score (nSPS) is 10.5. The van der Waals surface area contributed by atoms with Crippen LogP contribution in [0.1, 0.15) is 18.3 Å². The van der Waals surface area contributed by atoms with Crippen LogP contribution in [0.25, 0.3) is 0 Å². The summed E-state index contributed by atoms with van der Waals surface area (Å²) >= 11 is 0. The highest BCUT2D eigenvalue weighted by Crippen LogP contribution is 2.08. The van der Waals surface area contributed by atoms with Crippen LogP contribution in [0.3, 0.4) is 0 Å². The first-order chi connectivity index (χ1) is 6.69. The van der Waals surface area contributed by atoms with Gasteiger partial charge in [0.15, 0.2) is 0 Å². The SMILES string of the molecule is C=C(C)Cn1nnc(CO)c1COC. The molecule has 0 aromatic carbocycles.